The van der Waals surface area contributed by atoms with Crippen LogP contribution in [0.2, 0.25) is 0 Å². The molecular weight excluding hydrogens is 464 g/mol. The molecule has 34 heavy (non-hydrogen) atoms. The summed E-state index contributed by atoms with van der Waals surface area (Å²) >= 11 is 3.02. The molecule has 2 heterocycles. The number of fused-ring (bicyclic) bond motifs is 2. The van der Waals surface area contributed by atoms with E-state index in [2.05, 4.69) is 60.2 Å². The molecule has 1 unspecified atom stereocenters. The van der Waals surface area contributed by atoms with Gasteiger partial charge in [0.05, 0.1) is 29.3 Å². The van der Waals surface area contributed by atoms with E-state index in [0.717, 1.165) is 45.3 Å². The number of hydrogen-bond donors (Lipinski definition) is 1. The van der Waals surface area contributed by atoms with Crippen molar-refractivity contribution in [3.05, 3.63) is 47.5 Å². The van der Waals surface area contributed by atoms with Crippen LogP contribution in [0.1, 0.15) is 57.6 Å². The van der Waals surface area contributed by atoms with Crippen molar-refractivity contribution >= 4 is 51.1 Å². The van der Waals surface area contributed by atoms with E-state index in [-0.39, 0.29) is 17.2 Å². The number of thioether (sulfide) groups is 1. The quantitative estimate of drug-likeness (QED) is 0.234. The number of nitrogens with one attached hydrogen (secondary N) is 1. The second-order valence-corrected chi connectivity index (χ2v) is 11.5. The molecule has 4 rings (SSSR count). The Morgan fingerprint density at radius 2 is 2.18 bits per heavy atom. The second kappa shape index (κ2) is 10.4. The van der Waals surface area contributed by atoms with Gasteiger partial charge in [-0.2, -0.15) is 5.10 Å². The summed E-state index contributed by atoms with van der Waals surface area (Å²) < 4.78 is 7.69. The number of hydrazone groups is 1. The lowest BCUT2D eigenvalue weighted by Gasteiger charge is -2.47. The maximum absolute atomic E-state index is 12.3. The van der Waals surface area contributed by atoms with Crippen molar-refractivity contribution in [2.75, 3.05) is 24.3 Å². The Bertz CT molecular complexity index is 1170. The van der Waals surface area contributed by atoms with Crippen LogP contribution >= 0.6 is 23.1 Å². The molecule has 2 aromatic carbocycles. The number of amides is 1. The predicted octanol–water partition coefficient (Wildman–Crippen LogP) is 6.05. The number of nitrogens with zero attached hydrogens (tertiary/aromatic N) is 3. The van der Waals surface area contributed by atoms with Crippen LogP contribution in [0.3, 0.4) is 0 Å². The van der Waals surface area contributed by atoms with Crippen molar-refractivity contribution in [1.29, 1.82) is 0 Å². The van der Waals surface area contributed by atoms with E-state index in [1.165, 1.54) is 23.0 Å². The van der Waals surface area contributed by atoms with Crippen LogP contribution in [-0.2, 0) is 4.79 Å². The predicted molar refractivity (Wildman–Crippen MR) is 144 cm³/mol. The van der Waals surface area contributed by atoms with Gasteiger partial charge in [-0.15, -0.1) is 11.3 Å². The molecule has 8 heteroatoms. The summed E-state index contributed by atoms with van der Waals surface area (Å²) in [6.45, 7) is 10.1. The molecule has 1 atom stereocenters. The van der Waals surface area contributed by atoms with Gasteiger partial charge in [-0.05, 0) is 56.4 Å². The highest BCUT2D eigenvalue weighted by molar-refractivity contribution is 8.01. The molecule has 0 bridgehead atoms. The molecule has 1 N–H and O–H groups in total. The first-order valence-corrected chi connectivity index (χ1v) is 13.4. The SMILES string of the molecule is CCCN1c2cc(OC)c(/C=N/NC(=O)CSc3nc4ccccc4s3)cc2C(C)CC1(C)C. The molecule has 0 saturated carbocycles. The number of thiazole rings is 1. The molecule has 1 aromatic heterocycles. The van der Waals surface area contributed by atoms with E-state index < -0.39 is 0 Å². The van der Waals surface area contributed by atoms with Gasteiger partial charge in [0.15, 0.2) is 4.34 Å². The Labute approximate surface area is 209 Å². The second-order valence-electron chi connectivity index (χ2n) is 9.25. The third-order valence-electron chi connectivity index (χ3n) is 6.18. The fraction of sp³-hybridized carbons (Fsp3) is 0.423. The van der Waals surface area contributed by atoms with E-state index >= 15 is 0 Å². The largest absolute Gasteiger partial charge is 0.496 e. The van der Waals surface area contributed by atoms with Crippen LogP contribution in [0, 0.1) is 0 Å². The molecular formula is C26H32N4O2S2. The number of anilines is 1. The molecule has 1 aliphatic rings. The first kappa shape index (κ1) is 24.5. The maximum atomic E-state index is 12.3. The van der Waals surface area contributed by atoms with Gasteiger partial charge in [-0.1, -0.05) is 37.7 Å². The topological polar surface area (TPSA) is 66.8 Å². The summed E-state index contributed by atoms with van der Waals surface area (Å²) in [6, 6.07) is 12.3. The Hall–Kier alpha value is -2.58. The van der Waals surface area contributed by atoms with E-state index in [1.807, 2.05) is 24.3 Å². The summed E-state index contributed by atoms with van der Waals surface area (Å²) in [4.78, 5) is 19.4. The summed E-state index contributed by atoms with van der Waals surface area (Å²) in [5.41, 5.74) is 7.09. The van der Waals surface area contributed by atoms with Gasteiger partial charge < -0.3 is 9.64 Å². The maximum Gasteiger partial charge on any atom is 0.250 e. The Morgan fingerprint density at radius 3 is 2.91 bits per heavy atom. The number of benzene rings is 2. The Kier molecular flexibility index (Phi) is 7.48. The minimum atomic E-state index is -0.165. The summed E-state index contributed by atoms with van der Waals surface area (Å²) in [5.74, 6) is 1.28. The number of methoxy groups -OCH3 is 1. The zero-order valence-electron chi connectivity index (χ0n) is 20.4. The monoisotopic (exact) mass is 496 g/mol. The molecule has 6 nitrogen and oxygen atoms in total. The summed E-state index contributed by atoms with van der Waals surface area (Å²) in [5, 5.41) is 4.21. The third kappa shape index (κ3) is 5.23. The summed E-state index contributed by atoms with van der Waals surface area (Å²) in [6.07, 6.45) is 3.85. The minimum absolute atomic E-state index is 0.0952. The normalized spacial score (nSPS) is 17.2. The fourth-order valence-electron chi connectivity index (χ4n) is 4.70. The minimum Gasteiger partial charge on any atom is -0.496 e. The average molecular weight is 497 g/mol. The van der Waals surface area contributed by atoms with Crippen molar-refractivity contribution in [2.45, 2.75) is 56.3 Å². The van der Waals surface area contributed by atoms with Crippen LogP contribution in [0.25, 0.3) is 10.2 Å². The van der Waals surface area contributed by atoms with Gasteiger partial charge >= 0.3 is 0 Å². The van der Waals surface area contributed by atoms with E-state index in [4.69, 9.17) is 4.74 Å². The Morgan fingerprint density at radius 1 is 1.38 bits per heavy atom. The van der Waals surface area contributed by atoms with Gasteiger partial charge in [0.25, 0.3) is 5.91 Å². The number of aromatic nitrogens is 1. The van der Waals surface area contributed by atoms with Crippen LogP contribution in [-0.4, -0.2) is 42.1 Å². The fourth-order valence-corrected chi connectivity index (χ4v) is 6.56. The average Bonchev–Trinajstić information content (AvgIpc) is 3.23. The number of rotatable bonds is 8. The lowest BCUT2D eigenvalue weighted by Crippen LogP contribution is -2.48. The third-order valence-corrected chi connectivity index (χ3v) is 8.36. The number of ether oxygens (including phenoxy) is 1. The smallest absolute Gasteiger partial charge is 0.250 e. The molecule has 180 valence electrons. The number of para-hydroxylation sites is 1. The van der Waals surface area contributed by atoms with Crippen molar-refractivity contribution < 1.29 is 9.53 Å². The standard InChI is InChI=1S/C26H32N4O2S2/c1-6-11-30-21-13-22(32-5)18(12-19(21)17(2)14-26(30,3)4)15-27-29-24(31)16-33-25-28-20-9-7-8-10-23(20)34-25/h7-10,12-13,15,17H,6,11,14,16H2,1-5H3,(H,29,31)/b27-15+. The molecule has 0 aliphatic carbocycles. The van der Waals surface area contributed by atoms with E-state index in [9.17, 15) is 4.79 Å². The van der Waals surface area contributed by atoms with Crippen molar-refractivity contribution in [3.63, 3.8) is 0 Å². The van der Waals surface area contributed by atoms with Crippen LogP contribution in [0.5, 0.6) is 5.75 Å². The van der Waals surface area contributed by atoms with E-state index in [0.29, 0.717) is 5.92 Å². The van der Waals surface area contributed by atoms with Crippen LogP contribution in [0.15, 0.2) is 45.8 Å². The van der Waals surface area contributed by atoms with Crippen LogP contribution in [0.4, 0.5) is 5.69 Å². The molecule has 0 radical (unpaired) electrons. The van der Waals surface area contributed by atoms with Crippen molar-refractivity contribution in [1.82, 2.24) is 10.4 Å². The molecule has 1 amide bonds. The lowest BCUT2D eigenvalue weighted by atomic mass is 9.79. The van der Waals surface area contributed by atoms with E-state index in [1.54, 1.807) is 24.7 Å². The molecule has 0 spiro atoms. The van der Waals surface area contributed by atoms with Crippen molar-refractivity contribution in [3.8, 4) is 5.75 Å². The number of hydrogen-bond acceptors (Lipinski definition) is 7. The number of carbonyl (C=O) groups is 1. The highest BCUT2D eigenvalue weighted by Gasteiger charge is 2.36. The highest BCUT2D eigenvalue weighted by Crippen LogP contribution is 2.45. The zero-order chi connectivity index (χ0) is 24.3. The molecule has 1 aliphatic heterocycles. The lowest BCUT2D eigenvalue weighted by molar-refractivity contribution is -0.118. The first-order chi connectivity index (χ1) is 16.3. The number of carbonyl (C=O) groups excluding carboxylic acids is 1. The van der Waals surface area contributed by atoms with Gasteiger partial charge in [-0.3, -0.25) is 4.79 Å². The van der Waals surface area contributed by atoms with Gasteiger partial charge in [0, 0.05) is 29.4 Å². The highest BCUT2D eigenvalue weighted by atomic mass is 32.2. The first-order valence-electron chi connectivity index (χ1n) is 11.6. The zero-order valence-corrected chi connectivity index (χ0v) is 22.1. The molecule has 3 aromatic rings. The summed E-state index contributed by atoms with van der Waals surface area (Å²) in [7, 11) is 1.67. The molecule has 0 saturated heterocycles. The van der Waals surface area contributed by atoms with Gasteiger partial charge in [0.1, 0.15) is 5.75 Å². The van der Waals surface area contributed by atoms with Crippen molar-refractivity contribution in [2.24, 2.45) is 5.10 Å². The Balaban J connectivity index is 1.45. The van der Waals surface area contributed by atoms with Gasteiger partial charge in [-0.25, -0.2) is 10.4 Å². The molecule has 0 fully saturated rings. The van der Waals surface area contributed by atoms with Crippen LogP contribution < -0.4 is 15.1 Å². The van der Waals surface area contributed by atoms with Gasteiger partial charge in [0.2, 0.25) is 0 Å².